The molecule has 0 unspecified atom stereocenters. The highest BCUT2D eigenvalue weighted by Gasteiger charge is 2.51. The second kappa shape index (κ2) is 9.47. The lowest BCUT2D eigenvalue weighted by Crippen LogP contribution is -2.52. The van der Waals surface area contributed by atoms with E-state index in [2.05, 4.69) is 10.6 Å². The fourth-order valence-corrected chi connectivity index (χ4v) is 4.35. The molecule has 3 N–H and O–H groups in total. The smallest absolute Gasteiger partial charge is 0.372 e. The van der Waals surface area contributed by atoms with E-state index in [4.69, 9.17) is 16.4 Å². The van der Waals surface area contributed by atoms with Crippen LogP contribution in [-0.2, 0) is 27.4 Å². The van der Waals surface area contributed by atoms with Gasteiger partial charge in [-0.15, -0.1) is 0 Å². The molecule has 9 nitrogen and oxygen atoms in total. The molecule has 0 radical (unpaired) electrons. The van der Waals surface area contributed by atoms with E-state index in [0.29, 0.717) is 36.4 Å². The van der Waals surface area contributed by atoms with Gasteiger partial charge in [0, 0.05) is 36.8 Å². The van der Waals surface area contributed by atoms with Crippen LogP contribution in [0.15, 0.2) is 36.4 Å². The number of nitrogens with one attached hydrogen (secondary N) is 2. The van der Waals surface area contributed by atoms with Gasteiger partial charge in [0.1, 0.15) is 5.82 Å². The molecule has 1 saturated heterocycles. The molecule has 11 heteroatoms. The summed E-state index contributed by atoms with van der Waals surface area (Å²) in [5, 5.41) is 17.6. The number of fused-ring (bicyclic) bond motifs is 1. The zero-order valence-corrected chi connectivity index (χ0v) is 19.2. The molecule has 0 bridgehead atoms. The minimum Gasteiger partial charge on any atom is -0.372 e. The molecule has 0 spiro atoms. The van der Waals surface area contributed by atoms with Gasteiger partial charge in [-0.1, -0.05) is 11.6 Å². The van der Waals surface area contributed by atoms with Gasteiger partial charge in [0.15, 0.2) is 0 Å². The zero-order valence-electron chi connectivity index (χ0n) is 18.4. The summed E-state index contributed by atoms with van der Waals surface area (Å²) in [5.74, 6) is -2.15. The van der Waals surface area contributed by atoms with Crippen molar-refractivity contribution in [2.45, 2.75) is 31.9 Å². The molecule has 34 heavy (non-hydrogen) atoms. The monoisotopic (exact) mass is 490 g/mol. The SMILES string of the molecule is CCNC(=O)ON1CCc2cc(N3CC[C@](O)(C(=O)NCc4cc(F)cc(Cl)c4)C3=O)ccc21. The van der Waals surface area contributed by atoms with Crippen LogP contribution in [0.2, 0.25) is 5.02 Å². The minimum atomic E-state index is -2.23. The first-order valence-corrected chi connectivity index (χ1v) is 11.2. The topological polar surface area (TPSA) is 111 Å². The summed E-state index contributed by atoms with van der Waals surface area (Å²) in [6.07, 6.45) is -0.0397. The number of hydroxylamine groups is 1. The number of carbonyl (C=O) groups excluding carboxylic acids is 3. The number of rotatable bonds is 6. The first kappa shape index (κ1) is 23.8. The first-order valence-electron chi connectivity index (χ1n) is 10.8. The molecule has 2 aromatic carbocycles. The largest absolute Gasteiger partial charge is 0.431 e. The van der Waals surface area contributed by atoms with Crippen LogP contribution in [-0.4, -0.2) is 48.2 Å². The Hall–Kier alpha value is -3.37. The summed E-state index contributed by atoms with van der Waals surface area (Å²) in [6.45, 7) is 2.76. The third kappa shape index (κ3) is 4.64. The number of benzene rings is 2. The van der Waals surface area contributed by atoms with E-state index >= 15 is 0 Å². The Kier molecular flexibility index (Phi) is 6.63. The van der Waals surface area contributed by atoms with Crippen LogP contribution >= 0.6 is 11.6 Å². The van der Waals surface area contributed by atoms with E-state index in [-0.39, 0.29) is 24.5 Å². The Morgan fingerprint density at radius 1 is 1.21 bits per heavy atom. The number of hydrogen-bond acceptors (Lipinski definition) is 6. The maximum Gasteiger partial charge on any atom is 0.431 e. The van der Waals surface area contributed by atoms with Gasteiger partial charge >= 0.3 is 6.09 Å². The van der Waals surface area contributed by atoms with Crippen LogP contribution in [0.1, 0.15) is 24.5 Å². The van der Waals surface area contributed by atoms with Crippen molar-refractivity contribution in [3.05, 3.63) is 58.4 Å². The van der Waals surface area contributed by atoms with Crippen LogP contribution in [0.25, 0.3) is 0 Å². The van der Waals surface area contributed by atoms with Gasteiger partial charge in [0.2, 0.25) is 5.60 Å². The fraction of sp³-hybridized carbons (Fsp3) is 0.348. The van der Waals surface area contributed by atoms with E-state index in [1.54, 1.807) is 25.1 Å². The van der Waals surface area contributed by atoms with Crippen molar-refractivity contribution in [3.63, 3.8) is 0 Å². The number of amides is 3. The van der Waals surface area contributed by atoms with E-state index < -0.39 is 29.3 Å². The molecule has 1 atom stereocenters. The molecule has 0 aliphatic carbocycles. The quantitative estimate of drug-likeness (QED) is 0.536. The molecule has 2 aliphatic rings. The molecule has 2 aromatic rings. The van der Waals surface area contributed by atoms with Gasteiger partial charge in [0.05, 0.1) is 12.2 Å². The summed E-state index contributed by atoms with van der Waals surface area (Å²) in [7, 11) is 0. The minimum absolute atomic E-state index is 0.0911. The maximum absolute atomic E-state index is 13.5. The van der Waals surface area contributed by atoms with Gasteiger partial charge in [-0.05, 0) is 60.9 Å². The number of halogens is 2. The second-order valence-electron chi connectivity index (χ2n) is 8.10. The normalized spacial score (nSPS) is 19.2. The molecular formula is C23H24ClFN4O5. The number of anilines is 2. The van der Waals surface area contributed by atoms with Crippen molar-refractivity contribution >= 4 is 40.9 Å². The lowest BCUT2D eigenvalue weighted by molar-refractivity contribution is -0.149. The second-order valence-corrected chi connectivity index (χ2v) is 8.54. The van der Waals surface area contributed by atoms with Gasteiger partial charge in [-0.3, -0.25) is 9.59 Å². The van der Waals surface area contributed by atoms with Crippen molar-refractivity contribution < 1.29 is 28.7 Å². The molecule has 2 aliphatic heterocycles. The number of carbonyl (C=O) groups is 3. The third-order valence-corrected chi connectivity index (χ3v) is 6.01. The van der Waals surface area contributed by atoms with Crippen LogP contribution in [0.5, 0.6) is 0 Å². The number of hydrogen-bond donors (Lipinski definition) is 3. The van der Waals surface area contributed by atoms with Crippen molar-refractivity contribution in [2.24, 2.45) is 0 Å². The van der Waals surface area contributed by atoms with Crippen LogP contribution in [0.4, 0.5) is 20.6 Å². The predicted octanol–water partition coefficient (Wildman–Crippen LogP) is 2.29. The Balaban J connectivity index is 1.43. The summed E-state index contributed by atoms with van der Waals surface area (Å²) < 4.78 is 13.5. The third-order valence-electron chi connectivity index (χ3n) is 5.79. The summed E-state index contributed by atoms with van der Waals surface area (Å²) in [6, 6.07) is 9.03. The maximum atomic E-state index is 13.5. The highest BCUT2D eigenvalue weighted by atomic mass is 35.5. The highest BCUT2D eigenvalue weighted by molar-refractivity contribution is 6.30. The molecular weight excluding hydrogens is 467 g/mol. The van der Waals surface area contributed by atoms with Crippen LogP contribution in [0, 0.1) is 5.82 Å². The standard InChI is InChI=1S/C23H24ClFN4O5/c1-2-26-22(32)34-29-7-5-15-11-18(3-4-19(15)29)28-8-6-23(33,21(28)31)20(30)27-13-14-9-16(24)12-17(25)10-14/h3-4,9-12,33H,2,5-8,13H2,1H3,(H,26,32)(H,27,30)/t23-/m0/s1. The van der Waals surface area contributed by atoms with Crippen molar-refractivity contribution in [3.8, 4) is 0 Å². The molecule has 0 aromatic heterocycles. The van der Waals surface area contributed by atoms with Crippen molar-refractivity contribution in [1.29, 1.82) is 0 Å². The Morgan fingerprint density at radius 2 is 2.00 bits per heavy atom. The average Bonchev–Trinajstić information content (AvgIpc) is 3.32. The molecule has 4 rings (SSSR count). The predicted molar refractivity (Wildman–Crippen MR) is 123 cm³/mol. The molecule has 3 amide bonds. The van der Waals surface area contributed by atoms with Gasteiger partial charge in [0.25, 0.3) is 11.8 Å². The summed E-state index contributed by atoms with van der Waals surface area (Å²) in [5.41, 5.74) is 0.288. The van der Waals surface area contributed by atoms with E-state index in [1.165, 1.54) is 22.1 Å². The number of aliphatic hydroxyl groups is 1. The molecule has 180 valence electrons. The average molecular weight is 491 g/mol. The van der Waals surface area contributed by atoms with E-state index in [1.807, 2.05) is 0 Å². The first-order chi connectivity index (χ1) is 16.2. The van der Waals surface area contributed by atoms with Gasteiger partial charge in [-0.25, -0.2) is 14.2 Å². The number of nitrogens with zero attached hydrogens (tertiary/aromatic N) is 2. The fourth-order valence-electron chi connectivity index (χ4n) is 4.10. The zero-order chi connectivity index (χ0) is 24.5. The Bertz CT molecular complexity index is 1130. The Labute approximate surface area is 200 Å². The van der Waals surface area contributed by atoms with E-state index in [9.17, 15) is 23.9 Å². The van der Waals surface area contributed by atoms with Crippen LogP contribution in [0.3, 0.4) is 0 Å². The lowest BCUT2D eigenvalue weighted by Gasteiger charge is -2.23. The summed E-state index contributed by atoms with van der Waals surface area (Å²) in [4.78, 5) is 44.1. The van der Waals surface area contributed by atoms with Gasteiger partial charge in [-0.2, -0.15) is 0 Å². The van der Waals surface area contributed by atoms with Gasteiger partial charge < -0.3 is 25.5 Å². The molecule has 0 saturated carbocycles. The highest BCUT2D eigenvalue weighted by Crippen LogP contribution is 2.35. The van der Waals surface area contributed by atoms with Crippen molar-refractivity contribution in [1.82, 2.24) is 10.6 Å². The molecule has 2 heterocycles. The molecule has 1 fully saturated rings. The summed E-state index contributed by atoms with van der Waals surface area (Å²) >= 11 is 5.82. The van der Waals surface area contributed by atoms with Crippen molar-refractivity contribution in [2.75, 3.05) is 29.6 Å². The Morgan fingerprint density at radius 3 is 2.74 bits per heavy atom. The van der Waals surface area contributed by atoms with Crippen LogP contribution < -0.4 is 20.6 Å². The van der Waals surface area contributed by atoms with E-state index in [0.717, 1.165) is 11.6 Å². The lowest BCUT2D eigenvalue weighted by atomic mass is 10.0.